The van der Waals surface area contributed by atoms with E-state index in [1.807, 2.05) is 6.20 Å². The second-order valence-electron chi connectivity index (χ2n) is 5.74. The molecule has 4 heteroatoms. The van der Waals surface area contributed by atoms with Crippen LogP contribution in [-0.4, -0.2) is 43.6 Å². The number of hydrogen-bond donors (Lipinski definition) is 0. The Bertz CT molecular complexity index is 414. The minimum absolute atomic E-state index is 0.535. The largest absolute Gasteiger partial charge is 0.359 e. The number of aromatic nitrogens is 1. The Morgan fingerprint density at radius 3 is 2.68 bits per heavy atom. The Morgan fingerprint density at radius 2 is 2.11 bits per heavy atom. The number of alkyl halides is 1. The van der Waals surface area contributed by atoms with Gasteiger partial charge >= 0.3 is 0 Å². The smallest absolute Gasteiger partial charge is 0.131 e. The van der Waals surface area contributed by atoms with Crippen molar-refractivity contribution in [2.24, 2.45) is 5.92 Å². The van der Waals surface area contributed by atoms with Crippen LogP contribution in [-0.2, 0) is 5.88 Å². The van der Waals surface area contributed by atoms with Crippen molar-refractivity contribution in [1.82, 2.24) is 9.88 Å². The number of halogens is 1. The van der Waals surface area contributed by atoms with Crippen molar-refractivity contribution in [3.8, 4) is 0 Å². The first-order valence-electron chi connectivity index (χ1n) is 7.01. The highest BCUT2D eigenvalue weighted by atomic mass is 35.5. The molecule has 0 aliphatic carbocycles. The van der Waals surface area contributed by atoms with Crippen LogP contribution in [0.5, 0.6) is 0 Å². The van der Waals surface area contributed by atoms with Crippen molar-refractivity contribution < 1.29 is 0 Å². The molecule has 1 aliphatic heterocycles. The van der Waals surface area contributed by atoms with E-state index in [2.05, 4.69) is 41.9 Å². The van der Waals surface area contributed by atoms with Gasteiger partial charge in [0.25, 0.3) is 0 Å². The van der Waals surface area contributed by atoms with E-state index >= 15 is 0 Å². The number of hydrogen-bond acceptors (Lipinski definition) is 3. The van der Waals surface area contributed by atoms with Gasteiger partial charge in [0.2, 0.25) is 0 Å². The number of anilines is 1. The number of rotatable bonds is 4. The monoisotopic (exact) mass is 281 g/mol. The molecule has 2 heterocycles. The number of piperidine rings is 1. The zero-order valence-electron chi connectivity index (χ0n) is 12.2. The summed E-state index contributed by atoms with van der Waals surface area (Å²) in [5.41, 5.74) is 2.31. The molecule has 1 fully saturated rings. The lowest BCUT2D eigenvalue weighted by Gasteiger charge is -2.32. The fraction of sp³-hybridized carbons (Fsp3) is 0.667. The van der Waals surface area contributed by atoms with Crippen molar-refractivity contribution in [3.05, 3.63) is 23.4 Å². The third kappa shape index (κ3) is 3.83. The zero-order valence-corrected chi connectivity index (χ0v) is 13.0. The second-order valence-corrected chi connectivity index (χ2v) is 6.01. The van der Waals surface area contributed by atoms with Gasteiger partial charge < -0.3 is 9.80 Å². The Kier molecular flexibility index (Phi) is 5.06. The summed E-state index contributed by atoms with van der Waals surface area (Å²) in [4.78, 5) is 9.27. The molecule has 0 radical (unpaired) electrons. The lowest BCUT2D eigenvalue weighted by atomic mass is 9.96. The van der Waals surface area contributed by atoms with E-state index < -0.39 is 0 Å². The molecule has 3 nitrogen and oxygen atoms in total. The Labute approximate surface area is 121 Å². The van der Waals surface area contributed by atoms with E-state index in [4.69, 9.17) is 11.6 Å². The van der Waals surface area contributed by atoms with E-state index in [1.165, 1.54) is 31.5 Å². The highest BCUT2D eigenvalue weighted by molar-refractivity contribution is 6.17. The van der Waals surface area contributed by atoms with E-state index in [-0.39, 0.29) is 0 Å². The topological polar surface area (TPSA) is 19.4 Å². The molecule has 0 saturated carbocycles. The van der Waals surface area contributed by atoms with Crippen LogP contribution in [0.2, 0.25) is 0 Å². The second kappa shape index (κ2) is 6.58. The Morgan fingerprint density at radius 1 is 1.42 bits per heavy atom. The standard InChI is InChI=1S/C15H24ClN3/c1-12-8-14(9-16)10-17-15(12)19(3)11-13-4-6-18(2)7-5-13/h8,10,13H,4-7,9,11H2,1-3H3. The predicted octanol–water partition coefficient (Wildman–Crippen LogP) is 2.91. The number of aryl methyl sites for hydroxylation is 1. The fourth-order valence-corrected chi connectivity index (χ4v) is 2.96. The Balaban J connectivity index is 1.97. The molecule has 1 saturated heterocycles. The SMILES string of the molecule is Cc1cc(CCl)cnc1N(C)CC1CCN(C)CC1. The molecule has 1 aromatic rings. The van der Waals surface area contributed by atoms with E-state index in [0.717, 1.165) is 23.8 Å². The van der Waals surface area contributed by atoms with E-state index in [9.17, 15) is 0 Å². The average molecular weight is 282 g/mol. The van der Waals surface area contributed by atoms with E-state index in [0.29, 0.717) is 5.88 Å². The van der Waals surface area contributed by atoms with Gasteiger partial charge in [0, 0.05) is 25.7 Å². The van der Waals surface area contributed by atoms with E-state index in [1.54, 1.807) is 0 Å². The molecule has 19 heavy (non-hydrogen) atoms. The average Bonchev–Trinajstić information content (AvgIpc) is 2.41. The summed E-state index contributed by atoms with van der Waals surface area (Å²) in [6.07, 6.45) is 4.47. The highest BCUT2D eigenvalue weighted by Gasteiger charge is 2.19. The first-order valence-corrected chi connectivity index (χ1v) is 7.54. The van der Waals surface area contributed by atoms with Crippen LogP contribution in [0, 0.1) is 12.8 Å². The van der Waals surface area contributed by atoms with Gasteiger partial charge in [-0.1, -0.05) is 0 Å². The molecule has 106 valence electrons. The number of likely N-dealkylation sites (tertiary alicyclic amines) is 1. The quantitative estimate of drug-likeness (QED) is 0.791. The minimum Gasteiger partial charge on any atom is -0.359 e. The molecule has 0 bridgehead atoms. The van der Waals surface area contributed by atoms with Crippen molar-refractivity contribution in [2.75, 3.05) is 38.6 Å². The molecule has 0 aromatic carbocycles. The van der Waals surface area contributed by atoms with Crippen LogP contribution in [0.4, 0.5) is 5.82 Å². The minimum atomic E-state index is 0.535. The van der Waals surface area contributed by atoms with Crippen LogP contribution in [0.3, 0.4) is 0 Å². The van der Waals surface area contributed by atoms with Crippen LogP contribution >= 0.6 is 11.6 Å². The van der Waals surface area contributed by atoms with Crippen LogP contribution in [0.15, 0.2) is 12.3 Å². The third-order valence-corrected chi connectivity index (χ3v) is 4.30. The summed E-state index contributed by atoms with van der Waals surface area (Å²) in [5, 5.41) is 0. The van der Waals surface area contributed by atoms with Gasteiger partial charge in [-0.2, -0.15) is 0 Å². The molecular formula is C15H24ClN3. The Hall–Kier alpha value is -0.800. The van der Waals surface area contributed by atoms with Gasteiger partial charge in [-0.15, -0.1) is 11.6 Å². The molecule has 2 rings (SSSR count). The molecule has 0 atom stereocenters. The van der Waals surface area contributed by atoms with Gasteiger partial charge in [-0.3, -0.25) is 0 Å². The number of pyridine rings is 1. The summed E-state index contributed by atoms with van der Waals surface area (Å²) < 4.78 is 0. The molecule has 0 N–H and O–H groups in total. The van der Waals surface area contributed by atoms with Crippen molar-refractivity contribution >= 4 is 17.4 Å². The summed E-state index contributed by atoms with van der Waals surface area (Å²) in [7, 11) is 4.35. The molecule has 1 aromatic heterocycles. The van der Waals surface area contributed by atoms with Gasteiger partial charge in [-0.05, 0) is 63.0 Å². The van der Waals surface area contributed by atoms with Crippen molar-refractivity contribution in [1.29, 1.82) is 0 Å². The molecule has 0 amide bonds. The summed E-state index contributed by atoms with van der Waals surface area (Å²) in [6.45, 7) is 5.65. The lowest BCUT2D eigenvalue weighted by Crippen LogP contribution is -2.36. The fourth-order valence-electron chi connectivity index (χ4n) is 2.82. The number of nitrogens with zero attached hydrogens (tertiary/aromatic N) is 3. The summed E-state index contributed by atoms with van der Waals surface area (Å²) in [6, 6.07) is 2.14. The predicted molar refractivity (Wildman–Crippen MR) is 82.0 cm³/mol. The maximum Gasteiger partial charge on any atom is 0.131 e. The third-order valence-electron chi connectivity index (χ3n) is 3.99. The van der Waals surface area contributed by atoms with Gasteiger partial charge in [0.15, 0.2) is 0 Å². The van der Waals surface area contributed by atoms with Crippen LogP contribution < -0.4 is 4.90 Å². The van der Waals surface area contributed by atoms with Crippen molar-refractivity contribution in [2.45, 2.75) is 25.6 Å². The first kappa shape index (κ1) is 14.6. The van der Waals surface area contributed by atoms with Gasteiger partial charge in [0.1, 0.15) is 5.82 Å². The lowest BCUT2D eigenvalue weighted by molar-refractivity contribution is 0.222. The van der Waals surface area contributed by atoms with Gasteiger partial charge in [-0.25, -0.2) is 4.98 Å². The highest BCUT2D eigenvalue weighted by Crippen LogP contribution is 2.22. The van der Waals surface area contributed by atoms with Crippen LogP contribution in [0.1, 0.15) is 24.0 Å². The van der Waals surface area contributed by atoms with Gasteiger partial charge in [0.05, 0.1) is 0 Å². The maximum absolute atomic E-state index is 5.84. The maximum atomic E-state index is 5.84. The molecule has 0 spiro atoms. The molecule has 1 aliphatic rings. The summed E-state index contributed by atoms with van der Waals surface area (Å²) >= 11 is 5.84. The van der Waals surface area contributed by atoms with Crippen LogP contribution in [0.25, 0.3) is 0 Å². The van der Waals surface area contributed by atoms with Crippen molar-refractivity contribution in [3.63, 3.8) is 0 Å². The normalized spacial score (nSPS) is 17.7. The summed E-state index contributed by atoms with van der Waals surface area (Å²) in [5.74, 6) is 2.41. The zero-order chi connectivity index (χ0) is 13.8. The first-order chi connectivity index (χ1) is 9.10. The molecule has 0 unspecified atom stereocenters. The molecular weight excluding hydrogens is 258 g/mol.